The van der Waals surface area contributed by atoms with Crippen molar-refractivity contribution in [2.45, 2.75) is 45.3 Å². The van der Waals surface area contributed by atoms with Crippen molar-refractivity contribution in [3.05, 3.63) is 12.1 Å². The summed E-state index contributed by atoms with van der Waals surface area (Å²) in [5, 5.41) is 0. The van der Waals surface area contributed by atoms with E-state index in [0.717, 1.165) is 6.08 Å². The number of nitrogens with zero attached hydrogens (tertiary/aromatic N) is 1. The van der Waals surface area contributed by atoms with Gasteiger partial charge in [0.05, 0.1) is 6.04 Å². The van der Waals surface area contributed by atoms with Crippen molar-refractivity contribution < 1.29 is 73.9 Å². The number of carbonyl (C=O) groups is 1. The van der Waals surface area contributed by atoms with Gasteiger partial charge in [-0.15, -0.1) is 5.98 Å². The molecule has 19 heavy (non-hydrogen) atoms. The first-order valence-electron chi connectivity index (χ1n) is 5.97. The molecule has 1 aliphatic rings. The van der Waals surface area contributed by atoms with Crippen LogP contribution < -0.4 is 51.4 Å². The third-order valence-corrected chi connectivity index (χ3v) is 2.48. The molecular weight excluding hydrogens is 285 g/mol. The summed E-state index contributed by atoms with van der Waals surface area (Å²) in [6, 6.07) is -0.511. The van der Waals surface area contributed by atoms with Crippen LogP contribution in [0, 0.1) is 0 Å². The third kappa shape index (κ3) is 7.75. The fraction of sp³-hybridized carbons (Fsp3) is 0.727. The topological polar surface area (TPSA) is 29.5 Å². The normalized spacial score (nSPS) is 20.5. The monoisotopic (exact) mass is 303 g/mol. The molecule has 1 unspecified atom stereocenters. The van der Waals surface area contributed by atoms with E-state index < -0.39 is 24.7 Å². The molecule has 0 aromatic heterocycles. The molecule has 1 aliphatic heterocycles. The summed E-state index contributed by atoms with van der Waals surface area (Å²) in [7, 11) is 0. The van der Waals surface area contributed by atoms with E-state index in [9.17, 15) is 17.7 Å². The van der Waals surface area contributed by atoms with E-state index in [2.05, 4.69) is 0 Å². The van der Waals surface area contributed by atoms with Crippen LogP contribution in [0.15, 0.2) is 12.1 Å². The Morgan fingerprint density at radius 3 is 2.42 bits per heavy atom. The van der Waals surface area contributed by atoms with E-state index in [0.29, 0.717) is 19.4 Å². The van der Waals surface area contributed by atoms with Crippen molar-refractivity contribution >= 4 is 13.1 Å². The van der Waals surface area contributed by atoms with Gasteiger partial charge in [0.25, 0.3) is 0 Å². The largest absolute Gasteiger partial charge is 1.00 e. The average Bonchev–Trinajstić information content (AvgIpc) is 2.58. The van der Waals surface area contributed by atoms with Gasteiger partial charge < -0.3 is 22.6 Å². The van der Waals surface area contributed by atoms with Crippen LogP contribution >= 0.6 is 0 Å². The van der Waals surface area contributed by atoms with Crippen LogP contribution in [0.5, 0.6) is 0 Å². The number of likely N-dealkylation sites (tertiary alicyclic amines) is 1. The number of hydrogen-bond acceptors (Lipinski definition) is 2. The summed E-state index contributed by atoms with van der Waals surface area (Å²) < 4.78 is 41.6. The van der Waals surface area contributed by atoms with Gasteiger partial charge in [-0.3, -0.25) is 0 Å². The fourth-order valence-electron chi connectivity index (χ4n) is 1.79. The molecule has 1 heterocycles. The molecule has 0 bridgehead atoms. The Hall–Kier alpha value is 0.501. The molecule has 1 fully saturated rings. The van der Waals surface area contributed by atoms with Gasteiger partial charge in [-0.05, 0) is 33.6 Å². The van der Waals surface area contributed by atoms with Crippen molar-refractivity contribution in [3.63, 3.8) is 0 Å². The Morgan fingerprint density at radius 1 is 1.37 bits per heavy atom. The Morgan fingerprint density at radius 2 is 1.95 bits per heavy atom. The molecule has 0 spiro atoms. The van der Waals surface area contributed by atoms with Crippen molar-refractivity contribution in [3.8, 4) is 0 Å². The van der Waals surface area contributed by atoms with Gasteiger partial charge >= 0.3 is 64.5 Å². The molecule has 0 saturated carbocycles. The maximum atomic E-state index is 12.1. The van der Waals surface area contributed by atoms with Crippen LogP contribution in [-0.4, -0.2) is 36.2 Å². The Kier molecular flexibility index (Phi) is 7.69. The quantitative estimate of drug-likeness (QED) is 0.688. The van der Waals surface area contributed by atoms with E-state index in [1.807, 2.05) is 0 Å². The van der Waals surface area contributed by atoms with Crippen LogP contribution in [0.25, 0.3) is 0 Å². The molecule has 3 nitrogen and oxygen atoms in total. The molecule has 0 radical (unpaired) electrons. The van der Waals surface area contributed by atoms with Gasteiger partial charge in [0.1, 0.15) is 5.60 Å². The van der Waals surface area contributed by atoms with Crippen molar-refractivity contribution in [2.75, 3.05) is 6.54 Å². The minimum atomic E-state index is -4.95. The van der Waals surface area contributed by atoms with E-state index in [4.69, 9.17) is 4.74 Å². The van der Waals surface area contributed by atoms with Crippen LogP contribution in [0.3, 0.4) is 0 Å². The standard InChI is InChI=1S/C11H18BF3NO2.K/c1-11(2,3)18-10(17)16-8-4-5-9(16)6-7-12(13,14)15;/h6-7,9H,4-5,8H2,1-3H3;/q-1;+1/b7-6+;. The number of hydrogen-bond donors (Lipinski definition) is 0. The average molecular weight is 303 g/mol. The van der Waals surface area contributed by atoms with Crippen LogP contribution in [-0.2, 0) is 4.74 Å². The SMILES string of the molecule is CC(C)(C)OC(=O)N1CCCC1/C=C/[B-](F)(F)F.[K+]. The minimum Gasteiger partial charge on any atom is -0.445 e. The molecule has 1 atom stereocenters. The first-order chi connectivity index (χ1) is 8.08. The fourth-order valence-corrected chi connectivity index (χ4v) is 1.79. The summed E-state index contributed by atoms with van der Waals surface area (Å²) >= 11 is 0. The zero-order chi connectivity index (χ0) is 14.0. The molecule has 1 amide bonds. The second-order valence-electron chi connectivity index (χ2n) is 5.39. The number of rotatable bonds is 2. The Balaban J connectivity index is 0.00000324. The van der Waals surface area contributed by atoms with E-state index in [1.165, 1.54) is 4.90 Å². The molecule has 8 heteroatoms. The second kappa shape index (κ2) is 7.49. The van der Waals surface area contributed by atoms with Gasteiger partial charge in [0.15, 0.2) is 0 Å². The van der Waals surface area contributed by atoms with Gasteiger partial charge in [-0.1, -0.05) is 6.08 Å². The van der Waals surface area contributed by atoms with E-state index in [-0.39, 0.29) is 57.4 Å². The van der Waals surface area contributed by atoms with Crippen LogP contribution in [0.2, 0.25) is 0 Å². The number of amides is 1. The van der Waals surface area contributed by atoms with Gasteiger partial charge in [0.2, 0.25) is 0 Å². The summed E-state index contributed by atoms with van der Waals surface area (Å²) in [5.74, 6) is 0.243. The second-order valence-corrected chi connectivity index (χ2v) is 5.39. The summed E-state index contributed by atoms with van der Waals surface area (Å²) in [6.45, 7) is 0.667. The predicted octanol–water partition coefficient (Wildman–Crippen LogP) is 0.333. The summed E-state index contributed by atoms with van der Waals surface area (Å²) in [4.78, 5) is 13.1. The molecular formula is C11H18BF3KNO2. The molecule has 0 aliphatic carbocycles. The first-order valence-corrected chi connectivity index (χ1v) is 5.97. The van der Waals surface area contributed by atoms with Crippen LogP contribution in [0.1, 0.15) is 33.6 Å². The predicted molar refractivity (Wildman–Crippen MR) is 64.2 cm³/mol. The zero-order valence-corrected chi connectivity index (χ0v) is 15.0. The van der Waals surface area contributed by atoms with Gasteiger partial charge in [-0.25, -0.2) is 4.79 Å². The Labute approximate surface area is 154 Å². The third-order valence-electron chi connectivity index (χ3n) is 2.48. The maximum Gasteiger partial charge on any atom is 1.00 e. The van der Waals surface area contributed by atoms with Gasteiger partial charge in [-0.2, -0.15) is 0 Å². The van der Waals surface area contributed by atoms with Crippen molar-refractivity contribution in [1.82, 2.24) is 4.90 Å². The number of halogens is 3. The number of carbonyl (C=O) groups excluding carboxylic acids is 1. The maximum absolute atomic E-state index is 12.1. The van der Waals surface area contributed by atoms with E-state index in [1.54, 1.807) is 20.8 Å². The first kappa shape index (κ1) is 19.5. The van der Waals surface area contributed by atoms with Crippen molar-refractivity contribution in [2.24, 2.45) is 0 Å². The number of ether oxygens (including phenoxy) is 1. The summed E-state index contributed by atoms with van der Waals surface area (Å²) in [5.41, 5.74) is -0.637. The molecule has 0 aromatic carbocycles. The van der Waals surface area contributed by atoms with Gasteiger partial charge in [0, 0.05) is 6.54 Å². The molecule has 1 saturated heterocycles. The minimum absolute atomic E-state index is 0. The zero-order valence-electron chi connectivity index (χ0n) is 11.8. The molecule has 0 aromatic rings. The molecule has 0 N–H and O–H groups in total. The van der Waals surface area contributed by atoms with Crippen molar-refractivity contribution in [1.29, 1.82) is 0 Å². The van der Waals surface area contributed by atoms with Crippen LogP contribution in [0.4, 0.5) is 17.7 Å². The smallest absolute Gasteiger partial charge is 0.445 e. The molecule has 1 rings (SSSR count). The summed E-state index contributed by atoms with van der Waals surface area (Å²) in [6.07, 6.45) is 1.74. The Bertz CT molecular complexity index is 342. The van der Waals surface area contributed by atoms with E-state index >= 15 is 0 Å². The molecule has 104 valence electrons.